The summed E-state index contributed by atoms with van der Waals surface area (Å²) in [5.41, 5.74) is 0.480. The summed E-state index contributed by atoms with van der Waals surface area (Å²) in [5.74, 6) is -0.872. The highest BCUT2D eigenvalue weighted by Gasteiger charge is 1.95. The zero-order valence-electron chi connectivity index (χ0n) is 7.74. The topological polar surface area (TPSA) is 39.2 Å². The van der Waals surface area contributed by atoms with Crippen LogP contribution in [-0.2, 0) is 9.53 Å². The fourth-order valence-electron chi connectivity index (χ4n) is 0.876. The Morgan fingerprint density at radius 3 is 3.07 bits per heavy atom. The van der Waals surface area contributed by atoms with Crippen LogP contribution in [0, 0.1) is 5.95 Å². The van der Waals surface area contributed by atoms with E-state index >= 15 is 0 Å². The predicted molar refractivity (Wildman–Crippen MR) is 49.9 cm³/mol. The van der Waals surface area contributed by atoms with Crippen LogP contribution < -0.4 is 0 Å². The second kappa shape index (κ2) is 5.11. The Labute approximate surface area is 81.2 Å². The summed E-state index contributed by atoms with van der Waals surface area (Å²) in [6.45, 7) is 0. The molecule has 0 saturated heterocycles. The third kappa shape index (κ3) is 3.35. The van der Waals surface area contributed by atoms with E-state index < -0.39 is 5.95 Å². The van der Waals surface area contributed by atoms with Crippen molar-refractivity contribution in [3.05, 3.63) is 35.9 Å². The molecule has 0 aliphatic rings. The van der Waals surface area contributed by atoms with Crippen molar-refractivity contribution < 1.29 is 13.9 Å². The molecule has 1 aromatic heterocycles. The molecule has 0 amide bonds. The van der Waals surface area contributed by atoms with Gasteiger partial charge < -0.3 is 4.74 Å². The molecule has 0 fully saturated rings. The summed E-state index contributed by atoms with van der Waals surface area (Å²) in [6, 6.07) is 4.47. The second-order valence-corrected chi connectivity index (χ2v) is 2.57. The number of aromatic nitrogens is 1. The van der Waals surface area contributed by atoms with E-state index in [1.165, 1.54) is 13.2 Å². The molecule has 0 N–H and O–H groups in total. The molecule has 14 heavy (non-hydrogen) atoms. The van der Waals surface area contributed by atoms with Crippen molar-refractivity contribution in [3.63, 3.8) is 0 Å². The molecule has 0 aromatic carbocycles. The number of esters is 1. The Balaban J connectivity index is 2.56. The summed E-state index contributed by atoms with van der Waals surface area (Å²) >= 11 is 0. The van der Waals surface area contributed by atoms with Gasteiger partial charge in [-0.15, -0.1) is 0 Å². The summed E-state index contributed by atoms with van der Waals surface area (Å²) in [6.07, 6.45) is 3.31. The van der Waals surface area contributed by atoms with Gasteiger partial charge in [-0.2, -0.15) is 4.39 Å². The maximum Gasteiger partial charge on any atom is 0.309 e. The van der Waals surface area contributed by atoms with Gasteiger partial charge in [0.2, 0.25) is 5.95 Å². The molecule has 1 aromatic rings. The zero-order chi connectivity index (χ0) is 10.4. The number of hydrogen-bond acceptors (Lipinski definition) is 3. The van der Waals surface area contributed by atoms with E-state index in [2.05, 4.69) is 9.72 Å². The van der Waals surface area contributed by atoms with Crippen molar-refractivity contribution in [2.45, 2.75) is 6.42 Å². The molecule has 0 unspecified atom stereocenters. The zero-order valence-corrected chi connectivity index (χ0v) is 7.74. The monoisotopic (exact) mass is 195 g/mol. The smallest absolute Gasteiger partial charge is 0.309 e. The largest absolute Gasteiger partial charge is 0.469 e. The Kier molecular flexibility index (Phi) is 3.79. The predicted octanol–water partition coefficient (Wildman–Crippen LogP) is 1.80. The van der Waals surface area contributed by atoms with Crippen LogP contribution in [0.4, 0.5) is 4.39 Å². The molecule has 0 aliphatic heterocycles. The van der Waals surface area contributed by atoms with E-state index in [0.717, 1.165) is 0 Å². The first-order valence-corrected chi connectivity index (χ1v) is 4.08. The van der Waals surface area contributed by atoms with Crippen LogP contribution in [0.5, 0.6) is 0 Å². The Morgan fingerprint density at radius 2 is 2.43 bits per heavy atom. The maximum atomic E-state index is 12.6. The van der Waals surface area contributed by atoms with Crippen molar-refractivity contribution >= 4 is 12.0 Å². The van der Waals surface area contributed by atoms with Gasteiger partial charge in [0, 0.05) is 0 Å². The normalized spacial score (nSPS) is 10.4. The van der Waals surface area contributed by atoms with Gasteiger partial charge in [-0.25, -0.2) is 4.98 Å². The molecule has 0 aliphatic carbocycles. The van der Waals surface area contributed by atoms with Gasteiger partial charge in [-0.1, -0.05) is 12.1 Å². The average molecular weight is 195 g/mol. The SMILES string of the molecule is COC(=O)CC=Cc1cccc(F)n1. The van der Waals surface area contributed by atoms with Crippen LogP contribution in [0.3, 0.4) is 0 Å². The number of halogens is 1. The van der Waals surface area contributed by atoms with Gasteiger partial charge in [-0.3, -0.25) is 4.79 Å². The van der Waals surface area contributed by atoms with Gasteiger partial charge in [0.25, 0.3) is 0 Å². The number of carbonyl (C=O) groups excluding carboxylic acids is 1. The lowest BCUT2D eigenvalue weighted by Crippen LogP contribution is -1.96. The third-order valence-electron chi connectivity index (χ3n) is 1.54. The molecule has 4 heteroatoms. The molecular formula is C10H10FNO2. The van der Waals surface area contributed by atoms with E-state index in [9.17, 15) is 9.18 Å². The first kappa shape index (κ1) is 10.4. The molecule has 0 radical (unpaired) electrons. The maximum absolute atomic E-state index is 12.6. The van der Waals surface area contributed by atoms with E-state index in [4.69, 9.17) is 0 Å². The van der Waals surface area contributed by atoms with Crippen molar-refractivity contribution in [2.24, 2.45) is 0 Å². The van der Waals surface area contributed by atoms with Crippen LogP contribution in [0.25, 0.3) is 6.08 Å². The number of nitrogens with zero attached hydrogens (tertiary/aromatic N) is 1. The van der Waals surface area contributed by atoms with Crippen LogP contribution in [0.15, 0.2) is 24.3 Å². The lowest BCUT2D eigenvalue weighted by Gasteiger charge is -1.93. The van der Waals surface area contributed by atoms with Gasteiger partial charge in [-0.05, 0) is 18.2 Å². The van der Waals surface area contributed by atoms with Crippen molar-refractivity contribution in [1.29, 1.82) is 0 Å². The van der Waals surface area contributed by atoms with Crippen molar-refractivity contribution in [2.75, 3.05) is 7.11 Å². The molecule has 3 nitrogen and oxygen atoms in total. The molecule has 0 bridgehead atoms. The number of pyridine rings is 1. The molecule has 0 atom stereocenters. The van der Waals surface area contributed by atoms with Gasteiger partial charge in [0.1, 0.15) is 0 Å². The standard InChI is InChI=1S/C10H10FNO2/c1-14-10(13)7-3-5-8-4-2-6-9(11)12-8/h2-6H,7H2,1H3. The quantitative estimate of drug-likeness (QED) is 0.545. The fourth-order valence-corrected chi connectivity index (χ4v) is 0.876. The van der Waals surface area contributed by atoms with Gasteiger partial charge in [0.05, 0.1) is 19.2 Å². The fraction of sp³-hybridized carbons (Fsp3) is 0.200. The second-order valence-electron chi connectivity index (χ2n) is 2.57. The van der Waals surface area contributed by atoms with E-state index in [1.54, 1.807) is 24.3 Å². The first-order chi connectivity index (χ1) is 6.72. The minimum absolute atomic E-state index is 0.161. The summed E-state index contributed by atoms with van der Waals surface area (Å²) in [5, 5.41) is 0. The Morgan fingerprint density at radius 1 is 1.64 bits per heavy atom. The average Bonchev–Trinajstić information content (AvgIpc) is 2.17. The highest BCUT2D eigenvalue weighted by molar-refractivity contribution is 5.72. The first-order valence-electron chi connectivity index (χ1n) is 4.08. The highest BCUT2D eigenvalue weighted by atomic mass is 19.1. The lowest BCUT2D eigenvalue weighted by molar-refractivity contribution is -0.139. The molecular weight excluding hydrogens is 185 g/mol. The van der Waals surface area contributed by atoms with E-state index in [0.29, 0.717) is 5.69 Å². The summed E-state index contributed by atoms with van der Waals surface area (Å²) in [4.78, 5) is 14.3. The van der Waals surface area contributed by atoms with E-state index in [-0.39, 0.29) is 12.4 Å². The summed E-state index contributed by atoms with van der Waals surface area (Å²) in [7, 11) is 1.32. The highest BCUT2D eigenvalue weighted by Crippen LogP contribution is 2.01. The van der Waals surface area contributed by atoms with Crippen LogP contribution in [-0.4, -0.2) is 18.1 Å². The molecule has 1 rings (SSSR count). The number of hydrogen-bond donors (Lipinski definition) is 0. The van der Waals surface area contributed by atoms with Gasteiger partial charge in [0.15, 0.2) is 0 Å². The Hall–Kier alpha value is -1.71. The lowest BCUT2D eigenvalue weighted by atomic mass is 10.3. The van der Waals surface area contributed by atoms with Gasteiger partial charge >= 0.3 is 5.97 Å². The molecule has 0 saturated carbocycles. The van der Waals surface area contributed by atoms with Crippen LogP contribution in [0.1, 0.15) is 12.1 Å². The number of carbonyl (C=O) groups is 1. The van der Waals surface area contributed by atoms with Crippen molar-refractivity contribution in [1.82, 2.24) is 4.98 Å². The molecule has 1 heterocycles. The van der Waals surface area contributed by atoms with Crippen LogP contribution in [0.2, 0.25) is 0 Å². The number of ether oxygens (including phenoxy) is 1. The third-order valence-corrected chi connectivity index (χ3v) is 1.54. The van der Waals surface area contributed by atoms with E-state index in [1.807, 2.05) is 0 Å². The molecule has 74 valence electrons. The minimum atomic E-state index is -0.537. The number of rotatable bonds is 3. The number of methoxy groups -OCH3 is 1. The minimum Gasteiger partial charge on any atom is -0.469 e. The van der Waals surface area contributed by atoms with Crippen LogP contribution >= 0.6 is 0 Å². The summed E-state index contributed by atoms with van der Waals surface area (Å²) < 4.78 is 17.0. The molecule has 0 spiro atoms. The van der Waals surface area contributed by atoms with Crippen molar-refractivity contribution in [3.8, 4) is 0 Å². The Bertz CT molecular complexity index is 350.